The number of aromatic nitrogens is 3. The molecule has 84 valence electrons. The smallest absolute Gasteiger partial charge is 0.473 e. The number of carbonyl (C=O) groups is 1. The van der Waals surface area contributed by atoms with Gasteiger partial charge in [0.2, 0.25) is 0 Å². The SMILES string of the molecule is O=C(O)C1([N+](=O)[O-])N=NN=N1.c1nc[nH]n1. The average Bonchev–Trinajstić information content (AvgIpc) is 2.93. The first-order valence-electron chi connectivity index (χ1n) is 3.60. The molecule has 0 bridgehead atoms. The number of rotatable bonds is 2. The van der Waals surface area contributed by atoms with Crippen LogP contribution in [0.1, 0.15) is 0 Å². The number of H-pyrrole nitrogens is 1. The molecule has 2 N–H and O–H groups in total. The third kappa shape index (κ3) is 2.17. The number of hydrogen-bond acceptors (Lipinski definition) is 9. The molecular weight excluding hydrogens is 224 g/mol. The van der Waals surface area contributed by atoms with Gasteiger partial charge in [-0.1, -0.05) is 10.2 Å². The second kappa shape index (κ2) is 4.63. The molecule has 16 heavy (non-hydrogen) atoms. The number of aromatic amines is 1. The lowest BCUT2D eigenvalue weighted by molar-refractivity contribution is -0.551. The lowest BCUT2D eigenvalue weighted by Crippen LogP contribution is -2.41. The molecule has 1 aliphatic heterocycles. The molecular formula is C4H4N8O4. The van der Waals surface area contributed by atoms with Crippen molar-refractivity contribution in [3.8, 4) is 0 Å². The van der Waals surface area contributed by atoms with E-state index in [9.17, 15) is 14.9 Å². The van der Waals surface area contributed by atoms with Crippen LogP contribution in [0.15, 0.2) is 33.3 Å². The number of carboxylic acids is 1. The van der Waals surface area contributed by atoms with Gasteiger partial charge >= 0.3 is 11.8 Å². The Morgan fingerprint density at radius 1 is 1.44 bits per heavy atom. The van der Waals surface area contributed by atoms with Gasteiger partial charge in [0.25, 0.3) is 0 Å². The Morgan fingerprint density at radius 2 is 2.06 bits per heavy atom. The van der Waals surface area contributed by atoms with Gasteiger partial charge in [0, 0.05) is 0 Å². The van der Waals surface area contributed by atoms with E-state index in [-0.39, 0.29) is 0 Å². The number of nitro groups is 1. The maximum Gasteiger partial charge on any atom is 0.545 e. The maximum absolute atomic E-state index is 10.2. The summed E-state index contributed by atoms with van der Waals surface area (Å²) in [4.78, 5) is 22.7. The first-order chi connectivity index (χ1) is 7.59. The number of hydrogen-bond donors (Lipinski definition) is 2. The minimum atomic E-state index is -2.75. The molecule has 0 aromatic carbocycles. The summed E-state index contributed by atoms with van der Waals surface area (Å²) in [6, 6.07) is 0. The predicted molar refractivity (Wildman–Crippen MR) is 43.5 cm³/mol. The van der Waals surface area contributed by atoms with Crippen molar-refractivity contribution in [2.45, 2.75) is 5.79 Å². The van der Waals surface area contributed by atoms with Crippen molar-refractivity contribution in [1.82, 2.24) is 15.2 Å². The van der Waals surface area contributed by atoms with Crippen LogP contribution in [-0.2, 0) is 4.79 Å². The van der Waals surface area contributed by atoms with Gasteiger partial charge in [0.15, 0.2) is 0 Å². The molecule has 0 atom stereocenters. The highest BCUT2D eigenvalue weighted by atomic mass is 16.6. The lowest BCUT2D eigenvalue weighted by atomic mass is 10.4. The van der Waals surface area contributed by atoms with E-state index in [2.05, 4.69) is 35.9 Å². The number of nitrogens with zero attached hydrogens (tertiary/aromatic N) is 7. The highest BCUT2D eigenvalue weighted by Crippen LogP contribution is 2.20. The molecule has 0 unspecified atom stereocenters. The summed E-state index contributed by atoms with van der Waals surface area (Å²) in [5.74, 6) is -4.56. The van der Waals surface area contributed by atoms with E-state index in [1.807, 2.05) is 0 Å². The monoisotopic (exact) mass is 228 g/mol. The molecule has 1 aromatic rings. The minimum absolute atomic E-state index is 1.19. The molecule has 0 fully saturated rings. The standard InChI is InChI=1S/C2HN5O4.C2H3N3/c8-1(9)2(7(10)11)3-5-6-4-2;1-3-2-5-4-1/h(H,8,9);1-2H,(H,3,4,5). The number of nitrogens with one attached hydrogen (secondary N) is 1. The van der Waals surface area contributed by atoms with E-state index >= 15 is 0 Å². The van der Waals surface area contributed by atoms with Crippen molar-refractivity contribution in [2.75, 3.05) is 0 Å². The predicted octanol–water partition coefficient (Wildman–Crippen LogP) is -0.361. The second-order valence-electron chi connectivity index (χ2n) is 2.23. The minimum Gasteiger partial charge on any atom is -0.473 e. The summed E-state index contributed by atoms with van der Waals surface area (Å²) in [6.07, 6.45) is 2.96. The molecule has 1 aliphatic rings. The zero-order chi connectivity index (χ0) is 12.0. The molecule has 0 aliphatic carbocycles. The zero-order valence-corrected chi connectivity index (χ0v) is 7.46. The van der Waals surface area contributed by atoms with Crippen molar-refractivity contribution in [1.29, 1.82) is 0 Å². The molecule has 2 rings (SSSR count). The highest BCUT2D eigenvalue weighted by molar-refractivity contribution is 5.76. The van der Waals surface area contributed by atoms with E-state index < -0.39 is 16.7 Å². The van der Waals surface area contributed by atoms with Crippen molar-refractivity contribution in [3.05, 3.63) is 22.8 Å². The molecule has 0 radical (unpaired) electrons. The van der Waals surface area contributed by atoms with Crippen molar-refractivity contribution >= 4 is 5.97 Å². The average molecular weight is 228 g/mol. The molecule has 0 saturated carbocycles. The summed E-state index contributed by atoms with van der Waals surface area (Å²) in [5, 5.41) is 35.4. The van der Waals surface area contributed by atoms with Gasteiger partial charge in [0.05, 0.1) is 4.92 Å². The zero-order valence-electron chi connectivity index (χ0n) is 7.46. The van der Waals surface area contributed by atoms with Crippen LogP contribution in [0.4, 0.5) is 0 Å². The topological polar surface area (TPSA) is 171 Å². The lowest BCUT2D eigenvalue weighted by Gasteiger charge is -2.02. The van der Waals surface area contributed by atoms with Crippen molar-refractivity contribution in [3.63, 3.8) is 0 Å². The van der Waals surface area contributed by atoms with E-state index in [0.29, 0.717) is 0 Å². The summed E-state index contributed by atoms with van der Waals surface area (Å²) in [5.41, 5.74) is 0. The van der Waals surface area contributed by atoms with Gasteiger partial charge in [-0.3, -0.25) is 15.2 Å². The van der Waals surface area contributed by atoms with Crippen molar-refractivity contribution in [2.24, 2.45) is 20.7 Å². The van der Waals surface area contributed by atoms with Gasteiger partial charge in [-0.25, -0.2) is 9.78 Å². The normalized spacial score (nSPS) is 15.2. The Balaban J connectivity index is 0.000000212. The molecule has 0 amide bonds. The van der Waals surface area contributed by atoms with Gasteiger partial charge in [-0.05, 0) is 10.4 Å². The van der Waals surface area contributed by atoms with Crippen molar-refractivity contribution < 1.29 is 14.8 Å². The van der Waals surface area contributed by atoms with Crippen LogP contribution in [0.2, 0.25) is 0 Å². The quantitative estimate of drug-likeness (QED) is 0.516. The molecule has 2 heterocycles. The van der Waals surface area contributed by atoms with E-state index in [1.165, 1.54) is 12.7 Å². The second-order valence-corrected chi connectivity index (χ2v) is 2.23. The fourth-order valence-electron chi connectivity index (χ4n) is 0.588. The van der Waals surface area contributed by atoms with Crippen LogP contribution < -0.4 is 0 Å². The van der Waals surface area contributed by atoms with Crippen LogP contribution >= 0.6 is 0 Å². The Bertz CT molecular complexity index is 378. The molecule has 0 spiro atoms. The van der Waals surface area contributed by atoms with Crippen LogP contribution in [0.5, 0.6) is 0 Å². The summed E-state index contributed by atoms with van der Waals surface area (Å²) in [6.45, 7) is 0. The summed E-state index contributed by atoms with van der Waals surface area (Å²) < 4.78 is 0. The third-order valence-corrected chi connectivity index (χ3v) is 1.28. The van der Waals surface area contributed by atoms with Gasteiger partial charge < -0.3 is 5.11 Å². The third-order valence-electron chi connectivity index (χ3n) is 1.28. The molecule has 12 heteroatoms. The van der Waals surface area contributed by atoms with Gasteiger partial charge in [0.1, 0.15) is 12.7 Å². The van der Waals surface area contributed by atoms with Gasteiger partial charge in [-0.2, -0.15) is 5.10 Å². The fraction of sp³-hybridized carbons (Fsp3) is 0.250. The van der Waals surface area contributed by atoms with E-state index in [0.717, 1.165) is 0 Å². The first-order valence-corrected chi connectivity index (χ1v) is 3.60. The van der Waals surface area contributed by atoms with Crippen LogP contribution in [0.25, 0.3) is 0 Å². The number of carboxylic acid groups (broad SMARTS) is 1. The van der Waals surface area contributed by atoms with Gasteiger partial charge in [-0.15, -0.1) is 0 Å². The van der Waals surface area contributed by atoms with Crippen LogP contribution in [0, 0.1) is 10.1 Å². The first kappa shape index (κ1) is 11.3. The largest absolute Gasteiger partial charge is 0.545 e. The Labute approximate surface area is 86.3 Å². The Hall–Kier alpha value is -2.79. The summed E-state index contributed by atoms with van der Waals surface area (Å²) >= 11 is 0. The maximum atomic E-state index is 10.2. The molecule has 12 nitrogen and oxygen atoms in total. The highest BCUT2D eigenvalue weighted by Gasteiger charge is 2.56. The van der Waals surface area contributed by atoms with Crippen LogP contribution in [-0.4, -0.2) is 37.0 Å². The van der Waals surface area contributed by atoms with E-state index in [4.69, 9.17) is 5.11 Å². The Kier molecular flexibility index (Phi) is 3.26. The molecule has 1 aromatic heterocycles. The number of aliphatic carboxylic acids is 1. The fourth-order valence-corrected chi connectivity index (χ4v) is 0.588. The van der Waals surface area contributed by atoms with E-state index in [1.54, 1.807) is 0 Å². The molecule has 0 saturated heterocycles. The Morgan fingerprint density at radius 3 is 2.25 bits per heavy atom. The summed E-state index contributed by atoms with van der Waals surface area (Å²) in [7, 11) is 0. The van der Waals surface area contributed by atoms with Crippen LogP contribution in [0.3, 0.4) is 0 Å².